The number of rotatable bonds is 9. The summed E-state index contributed by atoms with van der Waals surface area (Å²) in [6.07, 6.45) is 0.678. The number of nitrogens with one attached hydrogen (secondary N) is 1. The highest BCUT2D eigenvalue weighted by Gasteiger charge is 2.16. The maximum atomic E-state index is 13.1. The molecule has 3 N–H and O–H groups in total. The lowest BCUT2D eigenvalue weighted by atomic mass is 10.1. The Hall–Kier alpha value is -4.15. The van der Waals surface area contributed by atoms with Crippen molar-refractivity contribution in [1.29, 1.82) is 5.26 Å². The predicted octanol–water partition coefficient (Wildman–Crippen LogP) is 3.81. The van der Waals surface area contributed by atoms with Gasteiger partial charge in [0.25, 0.3) is 11.8 Å². The average Bonchev–Trinajstić information content (AvgIpc) is 2.86. The molecule has 0 saturated carbocycles. The van der Waals surface area contributed by atoms with E-state index >= 15 is 0 Å². The third-order valence-electron chi connectivity index (χ3n) is 5.09. The van der Waals surface area contributed by atoms with Crippen LogP contribution >= 0.6 is 0 Å². The molecule has 0 spiro atoms. The first kappa shape index (κ1) is 23.5. The SMILES string of the molecule is COc1ccc(C(=O)N(CCCN)Cc2cccc(NC(=O)c3ccc(C#N)cc3)c2)cc1. The highest BCUT2D eigenvalue weighted by atomic mass is 16.5. The summed E-state index contributed by atoms with van der Waals surface area (Å²) in [6.45, 7) is 1.38. The average molecular weight is 443 g/mol. The number of anilines is 1. The second-order valence-electron chi connectivity index (χ2n) is 7.44. The maximum Gasteiger partial charge on any atom is 0.255 e. The van der Waals surface area contributed by atoms with E-state index in [9.17, 15) is 9.59 Å². The van der Waals surface area contributed by atoms with Gasteiger partial charge < -0.3 is 20.7 Å². The first-order valence-corrected chi connectivity index (χ1v) is 10.6. The number of methoxy groups -OCH3 is 1. The van der Waals surface area contributed by atoms with E-state index in [4.69, 9.17) is 15.7 Å². The van der Waals surface area contributed by atoms with Gasteiger partial charge in [-0.1, -0.05) is 12.1 Å². The lowest BCUT2D eigenvalue weighted by Gasteiger charge is -2.23. The summed E-state index contributed by atoms with van der Waals surface area (Å²) < 4.78 is 5.17. The van der Waals surface area contributed by atoms with Crippen molar-refractivity contribution in [1.82, 2.24) is 4.90 Å². The molecule has 7 nitrogen and oxygen atoms in total. The van der Waals surface area contributed by atoms with Crippen molar-refractivity contribution < 1.29 is 14.3 Å². The fourth-order valence-corrected chi connectivity index (χ4v) is 3.32. The van der Waals surface area contributed by atoms with E-state index in [2.05, 4.69) is 5.32 Å². The molecule has 168 valence electrons. The van der Waals surface area contributed by atoms with Crippen molar-refractivity contribution in [3.05, 3.63) is 95.1 Å². The standard InChI is InChI=1S/C26H26N4O3/c1-33-24-12-10-22(11-13-24)26(32)30(15-3-14-27)18-20-4-2-5-23(16-20)29-25(31)21-8-6-19(17-28)7-9-21/h2,4-13,16H,3,14-15,18,27H2,1H3,(H,29,31). The number of hydrogen-bond donors (Lipinski definition) is 2. The van der Waals surface area contributed by atoms with Crippen LogP contribution in [-0.2, 0) is 6.54 Å². The van der Waals surface area contributed by atoms with Crippen molar-refractivity contribution in [2.45, 2.75) is 13.0 Å². The van der Waals surface area contributed by atoms with E-state index in [0.717, 1.165) is 5.56 Å². The lowest BCUT2D eigenvalue weighted by molar-refractivity contribution is 0.0742. The summed E-state index contributed by atoms with van der Waals surface area (Å²) in [4.78, 5) is 27.4. The molecule has 0 atom stereocenters. The number of amides is 2. The molecule has 3 aromatic carbocycles. The van der Waals surface area contributed by atoms with Crippen LogP contribution in [0.2, 0.25) is 0 Å². The van der Waals surface area contributed by atoms with E-state index in [0.29, 0.717) is 54.2 Å². The predicted molar refractivity (Wildman–Crippen MR) is 127 cm³/mol. The van der Waals surface area contributed by atoms with Gasteiger partial charge in [-0.15, -0.1) is 0 Å². The van der Waals surface area contributed by atoms with Crippen LogP contribution in [0.25, 0.3) is 0 Å². The Morgan fingerprint density at radius 1 is 1.03 bits per heavy atom. The lowest BCUT2D eigenvalue weighted by Crippen LogP contribution is -2.32. The minimum Gasteiger partial charge on any atom is -0.497 e. The van der Waals surface area contributed by atoms with Gasteiger partial charge in [0.05, 0.1) is 18.7 Å². The molecule has 3 rings (SSSR count). The molecule has 33 heavy (non-hydrogen) atoms. The summed E-state index contributed by atoms with van der Waals surface area (Å²) in [5, 5.41) is 11.8. The molecule has 0 saturated heterocycles. The highest BCUT2D eigenvalue weighted by Crippen LogP contribution is 2.18. The van der Waals surface area contributed by atoms with Crippen LogP contribution in [0, 0.1) is 11.3 Å². The number of nitrogens with two attached hydrogens (primary N) is 1. The molecule has 0 aromatic heterocycles. The van der Waals surface area contributed by atoms with Gasteiger partial charge in [-0.25, -0.2) is 0 Å². The van der Waals surface area contributed by atoms with Gasteiger partial charge >= 0.3 is 0 Å². The van der Waals surface area contributed by atoms with Crippen LogP contribution in [-0.4, -0.2) is 36.9 Å². The molecule has 7 heteroatoms. The van der Waals surface area contributed by atoms with Crippen LogP contribution in [0.5, 0.6) is 5.75 Å². The van der Waals surface area contributed by atoms with Crippen LogP contribution in [0.4, 0.5) is 5.69 Å². The molecule has 0 aliphatic rings. The topological polar surface area (TPSA) is 108 Å². The Labute approximate surface area is 193 Å². The van der Waals surface area contributed by atoms with E-state index in [1.807, 2.05) is 24.3 Å². The van der Waals surface area contributed by atoms with Gasteiger partial charge in [0.2, 0.25) is 0 Å². The van der Waals surface area contributed by atoms with E-state index in [1.54, 1.807) is 66.6 Å². The summed E-state index contributed by atoms with van der Waals surface area (Å²) in [5.41, 5.74) is 8.70. The first-order valence-electron chi connectivity index (χ1n) is 10.6. The number of carbonyl (C=O) groups is 2. The number of nitrogens with zero attached hydrogens (tertiary/aromatic N) is 2. The Morgan fingerprint density at radius 3 is 2.36 bits per heavy atom. The largest absolute Gasteiger partial charge is 0.497 e. The Balaban J connectivity index is 1.73. The smallest absolute Gasteiger partial charge is 0.255 e. The van der Waals surface area contributed by atoms with E-state index in [-0.39, 0.29) is 11.8 Å². The number of nitriles is 1. The van der Waals surface area contributed by atoms with Gasteiger partial charge in [-0.05, 0) is 79.2 Å². The van der Waals surface area contributed by atoms with Gasteiger partial charge in [-0.2, -0.15) is 5.26 Å². The zero-order valence-corrected chi connectivity index (χ0v) is 18.5. The monoisotopic (exact) mass is 442 g/mol. The van der Waals surface area contributed by atoms with Crippen LogP contribution in [0.1, 0.15) is 38.3 Å². The number of ether oxygens (including phenoxy) is 1. The number of benzene rings is 3. The summed E-state index contributed by atoms with van der Waals surface area (Å²) in [5.74, 6) is 0.315. The van der Waals surface area contributed by atoms with Crippen molar-refractivity contribution in [3.8, 4) is 11.8 Å². The Kier molecular flexibility index (Phi) is 8.17. The minimum absolute atomic E-state index is 0.0990. The highest BCUT2D eigenvalue weighted by molar-refractivity contribution is 6.04. The van der Waals surface area contributed by atoms with Crippen molar-refractivity contribution >= 4 is 17.5 Å². The first-order chi connectivity index (χ1) is 16.0. The number of hydrogen-bond acceptors (Lipinski definition) is 5. The third kappa shape index (κ3) is 6.42. The quantitative estimate of drug-likeness (QED) is 0.524. The van der Waals surface area contributed by atoms with Crippen LogP contribution < -0.4 is 15.8 Å². The number of carbonyl (C=O) groups excluding carboxylic acids is 2. The second-order valence-corrected chi connectivity index (χ2v) is 7.44. The van der Waals surface area contributed by atoms with Gasteiger partial charge in [-0.3, -0.25) is 9.59 Å². The minimum atomic E-state index is -0.272. The molecule has 0 heterocycles. The molecule has 0 aliphatic carbocycles. The van der Waals surface area contributed by atoms with Crippen molar-refractivity contribution in [2.24, 2.45) is 5.73 Å². The molecule has 0 radical (unpaired) electrons. The summed E-state index contributed by atoms with van der Waals surface area (Å²) in [6, 6.07) is 22.8. The zero-order chi connectivity index (χ0) is 23.6. The molecular formula is C26H26N4O3. The molecule has 0 fully saturated rings. The van der Waals surface area contributed by atoms with Gasteiger partial charge in [0.15, 0.2) is 0 Å². The van der Waals surface area contributed by atoms with Gasteiger partial charge in [0, 0.05) is 29.9 Å². The van der Waals surface area contributed by atoms with Crippen molar-refractivity contribution in [2.75, 3.05) is 25.5 Å². The fraction of sp³-hybridized carbons (Fsp3) is 0.192. The van der Waals surface area contributed by atoms with E-state index in [1.165, 1.54) is 0 Å². The van der Waals surface area contributed by atoms with Crippen molar-refractivity contribution in [3.63, 3.8) is 0 Å². The molecular weight excluding hydrogens is 416 g/mol. The Morgan fingerprint density at radius 2 is 1.73 bits per heavy atom. The van der Waals surface area contributed by atoms with E-state index < -0.39 is 0 Å². The normalized spacial score (nSPS) is 10.2. The summed E-state index contributed by atoms with van der Waals surface area (Å²) >= 11 is 0. The van der Waals surface area contributed by atoms with Crippen LogP contribution in [0.15, 0.2) is 72.8 Å². The zero-order valence-electron chi connectivity index (χ0n) is 18.5. The molecule has 0 unspecified atom stereocenters. The van der Waals surface area contributed by atoms with Crippen LogP contribution in [0.3, 0.4) is 0 Å². The molecule has 2 amide bonds. The summed E-state index contributed by atoms with van der Waals surface area (Å²) in [7, 11) is 1.58. The third-order valence-corrected chi connectivity index (χ3v) is 5.09. The second kappa shape index (κ2) is 11.5. The molecule has 3 aromatic rings. The molecule has 0 aliphatic heterocycles. The fourth-order valence-electron chi connectivity index (χ4n) is 3.32. The maximum absolute atomic E-state index is 13.1. The van der Waals surface area contributed by atoms with Gasteiger partial charge in [0.1, 0.15) is 5.75 Å². The molecule has 0 bridgehead atoms. The Bertz CT molecular complexity index is 1140.